The maximum Gasteiger partial charge on any atom is 0.298 e. The van der Waals surface area contributed by atoms with Crippen molar-refractivity contribution in [3.8, 4) is 5.75 Å². The Bertz CT molecular complexity index is 846. The third-order valence-electron chi connectivity index (χ3n) is 3.38. The van der Waals surface area contributed by atoms with Crippen LogP contribution in [0.4, 0.5) is 10.5 Å². The summed E-state index contributed by atoms with van der Waals surface area (Å²) < 4.78 is 5.13. The fourth-order valence-electron chi connectivity index (χ4n) is 2.22. The van der Waals surface area contributed by atoms with Crippen molar-refractivity contribution in [1.82, 2.24) is 0 Å². The molecule has 0 aromatic heterocycles. The smallest absolute Gasteiger partial charge is 0.298 e. The summed E-state index contributed by atoms with van der Waals surface area (Å²) in [6, 6.07) is 11.8. The molecule has 2 aromatic rings. The lowest BCUT2D eigenvalue weighted by Gasteiger charge is -2.13. The standard InChI is InChI=1S/C17H11Cl2NO3S/c1-23-11-5-2-4-10(8-11)20-16(21)15(24-17(20)22)9-12-13(18)6-3-7-14(12)19/h2-9H,1H3/b15-9-. The summed E-state index contributed by atoms with van der Waals surface area (Å²) in [5, 5.41) is 0.439. The van der Waals surface area contributed by atoms with Gasteiger partial charge in [0.2, 0.25) is 0 Å². The Morgan fingerprint density at radius 2 is 1.75 bits per heavy atom. The molecule has 1 heterocycles. The fraction of sp³-hybridized carbons (Fsp3) is 0.0588. The van der Waals surface area contributed by atoms with Crippen molar-refractivity contribution in [2.75, 3.05) is 12.0 Å². The van der Waals surface area contributed by atoms with Crippen LogP contribution >= 0.6 is 35.0 Å². The zero-order chi connectivity index (χ0) is 17.3. The van der Waals surface area contributed by atoms with E-state index in [0.717, 1.165) is 16.7 Å². The van der Waals surface area contributed by atoms with Gasteiger partial charge in [-0.25, -0.2) is 4.90 Å². The van der Waals surface area contributed by atoms with Gasteiger partial charge in [0.1, 0.15) is 5.75 Å². The monoisotopic (exact) mass is 379 g/mol. The first-order valence-corrected chi connectivity index (χ1v) is 8.44. The SMILES string of the molecule is COc1cccc(N2C(=O)S/C(=C\c3c(Cl)cccc3Cl)C2=O)c1. The predicted octanol–water partition coefficient (Wildman–Crippen LogP) is 5.24. The van der Waals surface area contributed by atoms with E-state index in [2.05, 4.69) is 0 Å². The highest BCUT2D eigenvalue weighted by molar-refractivity contribution is 8.19. The van der Waals surface area contributed by atoms with Gasteiger partial charge < -0.3 is 4.74 Å². The second kappa shape index (κ2) is 6.89. The number of rotatable bonds is 3. The lowest BCUT2D eigenvalue weighted by atomic mass is 10.2. The minimum absolute atomic E-state index is 0.262. The van der Waals surface area contributed by atoms with E-state index in [1.54, 1.807) is 42.5 Å². The van der Waals surface area contributed by atoms with Gasteiger partial charge in [0.25, 0.3) is 11.1 Å². The maximum atomic E-state index is 12.6. The van der Waals surface area contributed by atoms with Crippen LogP contribution in [0, 0.1) is 0 Å². The van der Waals surface area contributed by atoms with Crippen molar-refractivity contribution in [3.63, 3.8) is 0 Å². The molecule has 2 amide bonds. The Kier molecular flexibility index (Phi) is 4.85. The van der Waals surface area contributed by atoms with E-state index in [4.69, 9.17) is 27.9 Å². The Hall–Kier alpha value is -1.95. The van der Waals surface area contributed by atoms with Gasteiger partial charge in [-0.2, -0.15) is 0 Å². The van der Waals surface area contributed by atoms with Crippen molar-refractivity contribution < 1.29 is 14.3 Å². The number of ether oxygens (including phenoxy) is 1. The summed E-state index contributed by atoms with van der Waals surface area (Å²) in [7, 11) is 1.52. The highest BCUT2D eigenvalue weighted by Gasteiger charge is 2.36. The molecule has 1 aliphatic rings. The fourth-order valence-corrected chi connectivity index (χ4v) is 3.55. The van der Waals surface area contributed by atoms with Crippen molar-refractivity contribution in [3.05, 3.63) is 63.0 Å². The first-order valence-electron chi connectivity index (χ1n) is 6.87. The highest BCUT2D eigenvalue weighted by Crippen LogP contribution is 2.38. The Morgan fingerprint density at radius 3 is 2.42 bits per heavy atom. The third-order valence-corrected chi connectivity index (χ3v) is 4.91. The molecule has 2 aromatic carbocycles. The molecule has 0 bridgehead atoms. The number of imide groups is 1. The molecule has 24 heavy (non-hydrogen) atoms. The van der Waals surface area contributed by atoms with Crippen LogP contribution in [-0.4, -0.2) is 18.3 Å². The van der Waals surface area contributed by atoms with E-state index >= 15 is 0 Å². The number of benzene rings is 2. The average Bonchev–Trinajstić information content (AvgIpc) is 2.85. The van der Waals surface area contributed by atoms with E-state index in [-0.39, 0.29) is 10.1 Å². The molecule has 0 atom stereocenters. The highest BCUT2D eigenvalue weighted by atomic mass is 35.5. The molecule has 0 radical (unpaired) electrons. The largest absolute Gasteiger partial charge is 0.497 e. The lowest BCUT2D eigenvalue weighted by Crippen LogP contribution is -2.27. The normalized spacial score (nSPS) is 16.1. The van der Waals surface area contributed by atoms with E-state index in [9.17, 15) is 9.59 Å². The van der Waals surface area contributed by atoms with Gasteiger partial charge in [0.05, 0.1) is 17.7 Å². The van der Waals surface area contributed by atoms with Gasteiger partial charge >= 0.3 is 0 Å². The summed E-state index contributed by atoms with van der Waals surface area (Å²) in [5.41, 5.74) is 0.961. The van der Waals surface area contributed by atoms with Gasteiger partial charge in [-0.1, -0.05) is 35.3 Å². The van der Waals surface area contributed by atoms with Crippen LogP contribution in [0.5, 0.6) is 5.75 Å². The van der Waals surface area contributed by atoms with E-state index < -0.39 is 5.91 Å². The lowest BCUT2D eigenvalue weighted by molar-refractivity contribution is -0.113. The van der Waals surface area contributed by atoms with Gasteiger partial charge in [-0.15, -0.1) is 0 Å². The molecule has 122 valence electrons. The topological polar surface area (TPSA) is 46.6 Å². The van der Waals surface area contributed by atoms with Crippen molar-refractivity contribution in [2.24, 2.45) is 0 Å². The molecule has 1 aliphatic heterocycles. The summed E-state index contributed by atoms with van der Waals surface area (Å²) in [5.74, 6) is 0.138. The summed E-state index contributed by atoms with van der Waals surface area (Å²) in [4.78, 5) is 26.3. The van der Waals surface area contributed by atoms with Gasteiger partial charge in [-0.05, 0) is 42.1 Å². The van der Waals surface area contributed by atoms with Crippen molar-refractivity contribution >= 4 is 57.9 Å². The van der Waals surface area contributed by atoms with Crippen LogP contribution in [0.1, 0.15) is 5.56 Å². The quantitative estimate of drug-likeness (QED) is 0.683. The number of carbonyl (C=O) groups is 2. The molecule has 0 N–H and O–H groups in total. The van der Waals surface area contributed by atoms with Crippen molar-refractivity contribution in [2.45, 2.75) is 0 Å². The second-order valence-corrected chi connectivity index (χ2v) is 6.66. The average molecular weight is 380 g/mol. The maximum absolute atomic E-state index is 12.6. The molecule has 3 rings (SSSR count). The number of thioether (sulfide) groups is 1. The molecule has 0 saturated carbocycles. The molecule has 7 heteroatoms. The number of amides is 2. The van der Waals surface area contributed by atoms with Gasteiger partial charge in [0.15, 0.2) is 0 Å². The van der Waals surface area contributed by atoms with Crippen LogP contribution in [0.2, 0.25) is 10.0 Å². The number of anilines is 1. The third kappa shape index (κ3) is 3.15. The summed E-state index contributed by atoms with van der Waals surface area (Å²) in [6.07, 6.45) is 1.54. The molecule has 0 unspecified atom stereocenters. The van der Waals surface area contributed by atoms with Crippen LogP contribution < -0.4 is 9.64 Å². The number of nitrogens with zero attached hydrogens (tertiary/aromatic N) is 1. The number of hydrogen-bond acceptors (Lipinski definition) is 4. The zero-order valence-electron chi connectivity index (χ0n) is 12.5. The Labute approximate surface area is 153 Å². The zero-order valence-corrected chi connectivity index (χ0v) is 14.8. The molecular weight excluding hydrogens is 369 g/mol. The minimum atomic E-state index is -0.422. The minimum Gasteiger partial charge on any atom is -0.497 e. The van der Waals surface area contributed by atoms with Crippen LogP contribution in [-0.2, 0) is 4.79 Å². The molecule has 1 saturated heterocycles. The number of carbonyl (C=O) groups excluding carboxylic acids is 2. The summed E-state index contributed by atoms with van der Waals surface area (Å²) >= 11 is 13.1. The first kappa shape index (κ1) is 16.9. The number of methoxy groups -OCH3 is 1. The first-order chi connectivity index (χ1) is 11.5. The molecule has 1 fully saturated rings. The molecule has 4 nitrogen and oxygen atoms in total. The number of halogens is 2. The van der Waals surface area contributed by atoms with Gasteiger partial charge in [0, 0.05) is 21.7 Å². The van der Waals surface area contributed by atoms with Crippen LogP contribution in [0.3, 0.4) is 0 Å². The van der Waals surface area contributed by atoms with E-state index in [0.29, 0.717) is 27.0 Å². The van der Waals surface area contributed by atoms with Crippen LogP contribution in [0.15, 0.2) is 47.4 Å². The van der Waals surface area contributed by atoms with Crippen molar-refractivity contribution in [1.29, 1.82) is 0 Å². The predicted molar refractivity (Wildman–Crippen MR) is 97.9 cm³/mol. The van der Waals surface area contributed by atoms with Crippen LogP contribution in [0.25, 0.3) is 6.08 Å². The molecule has 0 aliphatic carbocycles. The summed E-state index contributed by atoms with van der Waals surface area (Å²) in [6.45, 7) is 0. The number of hydrogen-bond donors (Lipinski definition) is 0. The Balaban J connectivity index is 1.98. The van der Waals surface area contributed by atoms with E-state index in [1.807, 2.05) is 0 Å². The molecular formula is C17H11Cl2NO3S. The van der Waals surface area contributed by atoms with E-state index in [1.165, 1.54) is 13.2 Å². The molecule has 0 spiro atoms. The second-order valence-electron chi connectivity index (χ2n) is 4.85. The Morgan fingerprint density at radius 1 is 1.08 bits per heavy atom. The van der Waals surface area contributed by atoms with Gasteiger partial charge in [-0.3, -0.25) is 9.59 Å².